The summed E-state index contributed by atoms with van der Waals surface area (Å²) in [5, 5.41) is 0. The number of hydrogen-bond donors (Lipinski definition) is 0. The second-order valence-electron chi connectivity index (χ2n) is 4.90. The van der Waals surface area contributed by atoms with Crippen molar-refractivity contribution in [3.63, 3.8) is 0 Å². The Hall–Kier alpha value is -2.39. The van der Waals surface area contributed by atoms with Crippen molar-refractivity contribution in [1.82, 2.24) is 0 Å². The van der Waals surface area contributed by atoms with Crippen LogP contribution in [0.3, 0.4) is 0 Å². The van der Waals surface area contributed by atoms with E-state index < -0.39 is 6.29 Å². The van der Waals surface area contributed by atoms with Crippen LogP contribution >= 0.6 is 0 Å². The number of esters is 1. The van der Waals surface area contributed by atoms with Gasteiger partial charge in [0.25, 0.3) is 0 Å². The molecule has 0 amide bonds. The second-order valence-corrected chi connectivity index (χ2v) is 4.90. The van der Waals surface area contributed by atoms with Gasteiger partial charge >= 0.3 is 5.97 Å². The molecule has 0 aromatic heterocycles. The highest BCUT2D eigenvalue weighted by Crippen LogP contribution is 2.33. The predicted molar refractivity (Wildman–Crippen MR) is 80.4 cm³/mol. The van der Waals surface area contributed by atoms with Crippen LogP contribution in [0.2, 0.25) is 0 Å². The molecule has 21 heavy (non-hydrogen) atoms. The third kappa shape index (κ3) is 2.73. The van der Waals surface area contributed by atoms with Crippen molar-refractivity contribution < 1.29 is 14.3 Å². The van der Waals surface area contributed by atoms with Gasteiger partial charge in [0.1, 0.15) is 0 Å². The van der Waals surface area contributed by atoms with Gasteiger partial charge in [0, 0.05) is 19.1 Å². The molecular weight excluding hydrogens is 264 g/mol. The van der Waals surface area contributed by atoms with E-state index in [0.717, 1.165) is 16.7 Å². The third-order valence-corrected chi connectivity index (χ3v) is 3.54. The topological polar surface area (TPSA) is 35.5 Å². The van der Waals surface area contributed by atoms with Crippen molar-refractivity contribution in [1.29, 1.82) is 0 Å². The van der Waals surface area contributed by atoms with Crippen LogP contribution in [0.25, 0.3) is 5.57 Å². The van der Waals surface area contributed by atoms with Crippen LogP contribution in [0.15, 0.2) is 66.2 Å². The highest BCUT2D eigenvalue weighted by molar-refractivity contribution is 6.19. The molecule has 0 unspecified atom stereocenters. The normalized spacial score (nSPS) is 18.0. The molecule has 0 saturated heterocycles. The molecule has 0 aliphatic carbocycles. The van der Waals surface area contributed by atoms with Crippen molar-refractivity contribution in [2.45, 2.75) is 12.7 Å². The maximum Gasteiger partial charge on any atom is 0.341 e. The molecular formula is C18H16O3. The first-order valence-electron chi connectivity index (χ1n) is 6.86. The van der Waals surface area contributed by atoms with Gasteiger partial charge in [-0.15, -0.1) is 0 Å². The molecule has 0 saturated carbocycles. The van der Waals surface area contributed by atoms with E-state index in [9.17, 15) is 4.79 Å². The van der Waals surface area contributed by atoms with Crippen LogP contribution in [-0.4, -0.2) is 19.4 Å². The third-order valence-electron chi connectivity index (χ3n) is 3.54. The first-order valence-corrected chi connectivity index (χ1v) is 6.86. The van der Waals surface area contributed by atoms with Crippen molar-refractivity contribution in [3.05, 3.63) is 77.4 Å². The molecule has 0 fully saturated rings. The summed E-state index contributed by atoms with van der Waals surface area (Å²) < 4.78 is 10.6. The Labute approximate surface area is 123 Å². The number of methoxy groups -OCH3 is 1. The molecule has 1 atom stereocenters. The summed E-state index contributed by atoms with van der Waals surface area (Å²) in [6, 6.07) is 19.6. The van der Waals surface area contributed by atoms with Gasteiger partial charge in [0.15, 0.2) is 0 Å². The van der Waals surface area contributed by atoms with Gasteiger partial charge in [-0.05, 0) is 11.1 Å². The van der Waals surface area contributed by atoms with E-state index in [1.807, 2.05) is 60.7 Å². The van der Waals surface area contributed by atoms with Crippen molar-refractivity contribution in [3.8, 4) is 0 Å². The molecule has 1 aliphatic heterocycles. The summed E-state index contributed by atoms with van der Waals surface area (Å²) in [6.07, 6.45) is 0.0305. The van der Waals surface area contributed by atoms with Gasteiger partial charge in [0.05, 0.1) is 5.57 Å². The van der Waals surface area contributed by atoms with Crippen molar-refractivity contribution in [2.75, 3.05) is 7.11 Å². The zero-order valence-electron chi connectivity index (χ0n) is 11.8. The average molecular weight is 280 g/mol. The minimum Gasteiger partial charge on any atom is -0.428 e. The molecule has 2 aromatic rings. The Bertz CT molecular complexity index is 659. The van der Waals surface area contributed by atoms with E-state index in [2.05, 4.69) is 0 Å². The highest BCUT2D eigenvalue weighted by Gasteiger charge is 2.34. The number of rotatable bonds is 4. The van der Waals surface area contributed by atoms with Crippen molar-refractivity contribution >= 4 is 11.5 Å². The van der Waals surface area contributed by atoms with Crippen LogP contribution in [-0.2, 0) is 20.7 Å². The predicted octanol–water partition coefficient (Wildman–Crippen LogP) is 3.21. The number of hydrogen-bond acceptors (Lipinski definition) is 3. The maximum absolute atomic E-state index is 12.2. The molecule has 3 heteroatoms. The molecule has 0 spiro atoms. The summed E-state index contributed by atoms with van der Waals surface area (Å²) in [7, 11) is 1.55. The lowest BCUT2D eigenvalue weighted by atomic mass is 9.96. The Kier molecular flexibility index (Phi) is 3.84. The fraction of sp³-hybridized carbons (Fsp3) is 0.167. The lowest BCUT2D eigenvalue weighted by Crippen LogP contribution is -2.15. The Morgan fingerprint density at radius 1 is 1.00 bits per heavy atom. The number of cyclic esters (lactones) is 1. The standard InChI is InChI=1S/C18H16O3/c1-20-18-15(12-13-8-4-2-5-9-13)16(17(19)21-18)14-10-6-3-7-11-14/h2-11,18H,12H2,1H3/t18-/m0/s1. The van der Waals surface area contributed by atoms with Gasteiger partial charge in [-0.3, -0.25) is 0 Å². The van der Waals surface area contributed by atoms with E-state index in [-0.39, 0.29) is 5.97 Å². The zero-order valence-corrected chi connectivity index (χ0v) is 11.8. The largest absolute Gasteiger partial charge is 0.428 e. The molecule has 0 bridgehead atoms. The van der Waals surface area contributed by atoms with E-state index >= 15 is 0 Å². The van der Waals surface area contributed by atoms with Crippen LogP contribution in [0.5, 0.6) is 0 Å². The maximum atomic E-state index is 12.2. The SMILES string of the molecule is CO[C@H]1OC(=O)C(c2ccccc2)=C1Cc1ccccc1. The second kappa shape index (κ2) is 5.94. The first-order chi connectivity index (χ1) is 10.3. The molecule has 2 aromatic carbocycles. The van der Waals surface area contributed by atoms with Crippen LogP contribution in [0.4, 0.5) is 0 Å². The Morgan fingerprint density at radius 3 is 2.24 bits per heavy atom. The fourth-order valence-electron chi connectivity index (χ4n) is 2.56. The molecule has 1 heterocycles. The summed E-state index contributed by atoms with van der Waals surface area (Å²) in [5.74, 6) is -0.320. The lowest BCUT2D eigenvalue weighted by molar-refractivity contribution is -0.154. The average Bonchev–Trinajstić information content (AvgIpc) is 2.85. The van der Waals surface area contributed by atoms with E-state index in [1.54, 1.807) is 7.11 Å². The number of carbonyl (C=O) groups excluding carboxylic acids is 1. The minimum absolute atomic E-state index is 0.320. The Balaban J connectivity index is 2.04. The number of ether oxygens (including phenoxy) is 2. The molecule has 3 nitrogen and oxygen atoms in total. The zero-order chi connectivity index (χ0) is 14.7. The van der Waals surface area contributed by atoms with E-state index in [1.165, 1.54) is 0 Å². The lowest BCUT2D eigenvalue weighted by Gasteiger charge is -2.12. The molecule has 106 valence electrons. The Morgan fingerprint density at radius 2 is 1.62 bits per heavy atom. The van der Waals surface area contributed by atoms with E-state index in [0.29, 0.717) is 12.0 Å². The monoisotopic (exact) mass is 280 g/mol. The van der Waals surface area contributed by atoms with Gasteiger partial charge < -0.3 is 9.47 Å². The minimum atomic E-state index is -0.604. The van der Waals surface area contributed by atoms with Crippen LogP contribution < -0.4 is 0 Å². The molecule has 0 N–H and O–H groups in total. The molecule has 0 radical (unpaired) electrons. The van der Waals surface area contributed by atoms with Crippen LogP contribution in [0.1, 0.15) is 11.1 Å². The number of carbonyl (C=O) groups is 1. The fourth-order valence-corrected chi connectivity index (χ4v) is 2.56. The summed E-state index contributed by atoms with van der Waals surface area (Å²) in [5.41, 5.74) is 3.49. The van der Waals surface area contributed by atoms with Gasteiger partial charge in [-0.2, -0.15) is 0 Å². The highest BCUT2D eigenvalue weighted by atomic mass is 16.7. The van der Waals surface area contributed by atoms with Crippen molar-refractivity contribution in [2.24, 2.45) is 0 Å². The number of benzene rings is 2. The summed E-state index contributed by atoms with van der Waals surface area (Å²) in [4.78, 5) is 12.2. The van der Waals surface area contributed by atoms with Gasteiger partial charge in [-0.1, -0.05) is 60.7 Å². The quantitative estimate of drug-likeness (QED) is 0.807. The van der Waals surface area contributed by atoms with Gasteiger partial charge in [0.2, 0.25) is 6.29 Å². The first kappa shape index (κ1) is 13.6. The van der Waals surface area contributed by atoms with Gasteiger partial charge in [-0.25, -0.2) is 4.79 Å². The molecule has 1 aliphatic rings. The summed E-state index contributed by atoms with van der Waals surface area (Å²) in [6.45, 7) is 0. The van der Waals surface area contributed by atoms with Crippen LogP contribution in [0, 0.1) is 0 Å². The summed E-state index contributed by atoms with van der Waals surface area (Å²) >= 11 is 0. The molecule has 3 rings (SSSR count). The van der Waals surface area contributed by atoms with E-state index in [4.69, 9.17) is 9.47 Å². The smallest absolute Gasteiger partial charge is 0.341 e.